The third kappa shape index (κ3) is 5.92. The van der Waals surface area contributed by atoms with Gasteiger partial charge < -0.3 is 15.3 Å². The number of carbonyl (C=O) groups is 1. The average Bonchev–Trinajstić information content (AvgIpc) is 2.54. The lowest BCUT2D eigenvalue weighted by molar-refractivity contribution is -0.146. The smallest absolute Gasteiger partial charge is 0.372 e. The Morgan fingerprint density at radius 3 is 2.38 bits per heavy atom. The Bertz CT molecular complexity index is 749. The molecule has 0 atom stereocenters. The second-order valence-corrected chi connectivity index (χ2v) is 5.99. The van der Waals surface area contributed by atoms with Crippen LogP contribution in [0, 0.1) is 0 Å². The summed E-state index contributed by atoms with van der Waals surface area (Å²) in [6.45, 7) is -0.362. The van der Waals surface area contributed by atoms with Crippen LogP contribution in [0.15, 0.2) is 47.6 Å². The lowest BCUT2D eigenvalue weighted by atomic mass is 10.1. The number of carbonyl (C=O) groups excluding carboxylic acids is 1. The Morgan fingerprint density at radius 1 is 1.04 bits per heavy atom. The first-order valence-electron chi connectivity index (χ1n) is 6.78. The predicted octanol–water partition coefficient (Wildman–Crippen LogP) is 4.08. The number of rotatable bonds is 6. The van der Waals surface area contributed by atoms with E-state index in [0.717, 1.165) is 5.56 Å². The third-order valence-corrected chi connectivity index (χ3v) is 3.59. The number of hydrogen-bond acceptors (Lipinski definition) is 4. The molecule has 0 bridgehead atoms. The highest BCUT2D eigenvalue weighted by molar-refractivity contribution is 6.35. The first-order chi connectivity index (χ1) is 11.4. The first-order valence-corrected chi connectivity index (χ1v) is 7.92. The molecule has 2 rings (SSSR count). The van der Waals surface area contributed by atoms with Crippen molar-refractivity contribution in [3.63, 3.8) is 0 Å². The van der Waals surface area contributed by atoms with Crippen LogP contribution >= 0.6 is 34.8 Å². The Kier molecular flexibility index (Phi) is 6.73. The largest absolute Gasteiger partial charge is 0.480 e. The maximum atomic E-state index is 11.6. The molecule has 0 spiro atoms. The molecule has 0 saturated heterocycles. The molecule has 0 amide bonds. The van der Waals surface area contributed by atoms with Crippen LogP contribution in [-0.4, -0.2) is 18.4 Å². The summed E-state index contributed by atoms with van der Waals surface area (Å²) in [5.74, 6) is -0.244. The molecule has 8 heteroatoms. The van der Waals surface area contributed by atoms with Gasteiger partial charge in [0.15, 0.2) is 6.61 Å². The molecule has 0 aliphatic rings. The lowest BCUT2D eigenvalue weighted by Crippen LogP contribution is -2.19. The van der Waals surface area contributed by atoms with Crippen molar-refractivity contribution in [2.45, 2.75) is 6.42 Å². The maximum absolute atomic E-state index is 11.6. The zero-order chi connectivity index (χ0) is 17.5. The maximum Gasteiger partial charge on any atom is 0.372 e. The summed E-state index contributed by atoms with van der Waals surface area (Å²) in [6, 6.07) is 11.7. The van der Waals surface area contributed by atoms with Crippen LogP contribution in [0.25, 0.3) is 0 Å². The highest BCUT2D eigenvalue weighted by Gasteiger charge is 2.08. The molecule has 0 heterocycles. The number of oxime groups is 1. The molecular weight excluding hydrogens is 375 g/mol. The molecule has 0 saturated carbocycles. The predicted molar refractivity (Wildman–Crippen MR) is 94.8 cm³/mol. The first kappa shape index (κ1) is 18.4. The molecule has 2 aromatic carbocycles. The summed E-state index contributed by atoms with van der Waals surface area (Å²) in [5, 5.41) is 4.95. The van der Waals surface area contributed by atoms with E-state index in [0.29, 0.717) is 27.2 Å². The fourth-order valence-corrected chi connectivity index (χ4v) is 2.30. The van der Waals surface area contributed by atoms with E-state index in [1.54, 1.807) is 36.4 Å². The van der Waals surface area contributed by atoms with E-state index < -0.39 is 5.97 Å². The standard InChI is InChI=1S/C16H13Cl3N2O3/c17-11-3-1-10(2-4-11)7-15(20)21-24-16(22)9-23-14-6-5-12(18)8-13(14)19/h1-6,8H,7,9H2,(H2,20,21). The molecule has 0 aliphatic carbocycles. The fourth-order valence-electron chi connectivity index (χ4n) is 1.71. The zero-order valence-corrected chi connectivity index (χ0v) is 14.6. The molecule has 2 N–H and O–H groups in total. The van der Waals surface area contributed by atoms with Crippen LogP contribution in [0.2, 0.25) is 15.1 Å². The number of nitrogens with zero attached hydrogens (tertiary/aromatic N) is 1. The van der Waals surface area contributed by atoms with Crippen molar-refractivity contribution in [3.8, 4) is 5.75 Å². The van der Waals surface area contributed by atoms with E-state index in [4.69, 9.17) is 45.3 Å². The molecule has 0 aliphatic heterocycles. The lowest BCUT2D eigenvalue weighted by Gasteiger charge is -2.06. The van der Waals surface area contributed by atoms with Crippen molar-refractivity contribution >= 4 is 46.6 Å². The Balaban J connectivity index is 1.82. The van der Waals surface area contributed by atoms with Crippen molar-refractivity contribution in [1.82, 2.24) is 0 Å². The highest BCUT2D eigenvalue weighted by atomic mass is 35.5. The Morgan fingerprint density at radius 2 is 1.71 bits per heavy atom. The second kappa shape index (κ2) is 8.78. The summed E-state index contributed by atoms with van der Waals surface area (Å²) in [7, 11) is 0. The number of ether oxygens (including phenoxy) is 1. The van der Waals surface area contributed by atoms with Crippen LogP contribution < -0.4 is 10.5 Å². The van der Waals surface area contributed by atoms with Crippen molar-refractivity contribution in [1.29, 1.82) is 0 Å². The van der Waals surface area contributed by atoms with Gasteiger partial charge in [-0.25, -0.2) is 4.79 Å². The van der Waals surface area contributed by atoms with Crippen molar-refractivity contribution in [2.75, 3.05) is 6.61 Å². The van der Waals surface area contributed by atoms with E-state index in [9.17, 15) is 4.79 Å². The van der Waals surface area contributed by atoms with Crippen LogP contribution in [0.1, 0.15) is 5.56 Å². The molecule has 0 unspecified atom stereocenters. The Hall–Kier alpha value is -1.95. The van der Waals surface area contributed by atoms with Gasteiger partial charge in [-0.2, -0.15) is 0 Å². The van der Waals surface area contributed by atoms with Crippen molar-refractivity contribution in [2.24, 2.45) is 10.9 Å². The van der Waals surface area contributed by atoms with Crippen LogP contribution in [-0.2, 0) is 16.1 Å². The molecule has 24 heavy (non-hydrogen) atoms. The summed E-state index contributed by atoms with van der Waals surface area (Å²) >= 11 is 17.5. The topological polar surface area (TPSA) is 73.9 Å². The Labute approximate surface area is 153 Å². The van der Waals surface area contributed by atoms with Gasteiger partial charge in [0.25, 0.3) is 0 Å². The van der Waals surface area contributed by atoms with Crippen molar-refractivity contribution in [3.05, 3.63) is 63.1 Å². The minimum Gasteiger partial charge on any atom is -0.480 e. The number of nitrogens with two attached hydrogens (primary N) is 1. The molecule has 0 fully saturated rings. The summed E-state index contributed by atoms with van der Waals surface area (Å²) in [6.07, 6.45) is 0.328. The zero-order valence-electron chi connectivity index (χ0n) is 12.3. The minimum atomic E-state index is -0.708. The average molecular weight is 388 g/mol. The van der Waals surface area contributed by atoms with Gasteiger partial charge in [0.1, 0.15) is 11.6 Å². The summed E-state index contributed by atoms with van der Waals surface area (Å²) < 4.78 is 5.23. The van der Waals surface area contributed by atoms with E-state index in [1.165, 1.54) is 6.07 Å². The summed E-state index contributed by atoms with van der Waals surface area (Å²) in [4.78, 5) is 16.3. The van der Waals surface area contributed by atoms with Gasteiger partial charge >= 0.3 is 5.97 Å². The molecular formula is C16H13Cl3N2O3. The van der Waals surface area contributed by atoms with Gasteiger partial charge in [-0.3, -0.25) is 0 Å². The number of benzene rings is 2. The molecule has 126 valence electrons. The number of halogens is 3. The van der Waals surface area contributed by atoms with Gasteiger partial charge in [0.2, 0.25) is 0 Å². The van der Waals surface area contributed by atoms with Gasteiger partial charge in [-0.05, 0) is 35.9 Å². The summed E-state index contributed by atoms with van der Waals surface area (Å²) in [5.41, 5.74) is 6.59. The normalized spacial score (nSPS) is 11.2. The molecule has 0 aromatic heterocycles. The second-order valence-electron chi connectivity index (χ2n) is 4.71. The van der Waals surface area contributed by atoms with Crippen molar-refractivity contribution < 1.29 is 14.4 Å². The van der Waals surface area contributed by atoms with Gasteiger partial charge in [0.05, 0.1) is 5.02 Å². The SMILES string of the molecule is N/C(Cc1ccc(Cl)cc1)=N/OC(=O)COc1ccc(Cl)cc1Cl. The number of amidine groups is 1. The highest BCUT2D eigenvalue weighted by Crippen LogP contribution is 2.27. The van der Waals surface area contributed by atoms with E-state index in [2.05, 4.69) is 9.99 Å². The fraction of sp³-hybridized carbons (Fsp3) is 0.125. The van der Waals surface area contributed by atoms with Gasteiger partial charge in [0, 0.05) is 16.5 Å². The van der Waals surface area contributed by atoms with Crippen LogP contribution in [0.3, 0.4) is 0 Å². The molecule has 5 nitrogen and oxygen atoms in total. The van der Waals surface area contributed by atoms with E-state index >= 15 is 0 Å². The van der Waals surface area contributed by atoms with E-state index in [-0.39, 0.29) is 12.4 Å². The minimum absolute atomic E-state index is 0.148. The van der Waals surface area contributed by atoms with Gasteiger partial charge in [-0.15, -0.1) is 0 Å². The van der Waals surface area contributed by atoms with E-state index in [1.807, 2.05) is 0 Å². The quantitative estimate of drug-likeness (QED) is 0.351. The van der Waals surface area contributed by atoms with Gasteiger partial charge in [-0.1, -0.05) is 52.1 Å². The molecule has 0 radical (unpaired) electrons. The van der Waals surface area contributed by atoms with Crippen LogP contribution in [0.4, 0.5) is 0 Å². The molecule has 2 aromatic rings. The van der Waals surface area contributed by atoms with Crippen LogP contribution in [0.5, 0.6) is 5.75 Å². The third-order valence-electron chi connectivity index (χ3n) is 2.80. The monoisotopic (exact) mass is 386 g/mol. The number of hydrogen-bond donors (Lipinski definition) is 1.